The molecule has 1 heterocycles. The van der Waals surface area contributed by atoms with Crippen molar-refractivity contribution in [1.29, 1.82) is 0 Å². The molecule has 1 amide bonds. The zero-order valence-corrected chi connectivity index (χ0v) is 9.94. The van der Waals surface area contributed by atoms with Crippen molar-refractivity contribution in [3.05, 3.63) is 23.4 Å². The maximum Gasteiger partial charge on any atom is 0.328 e. The molecule has 0 aliphatic carbocycles. The van der Waals surface area contributed by atoms with Crippen LogP contribution in [0, 0.1) is 6.92 Å². The number of carboxylic acids is 1. The fourth-order valence-electron chi connectivity index (χ4n) is 1.26. The van der Waals surface area contributed by atoms with E-state index in [0.717, 1.165) is 0 Å². The number of carbonyl (C=O) groups excluding carboxylic acids is 1. The highest BCUT2D eigenvalue weighted by Gasteiger charge is 2.22. The summed E-state index contributed by atoms with van der Waals surface area (Å²) in [5.74, 6) is -2.12. The van der Waals surface area contributed by atoms with Gasteiger partial charge in [-0.1, -0.05) is 0 Å². The van der Waals surface area contributed by atoms with Gasteiger partial charge in [-0.3, -0.25) is 4.79 Å². The van der Waals surface area contributed by atoms with Gasteiger partial charge in [0.2, 0.25) is 5.88 Å². The molecule has 1 rings (SSSR count). The van der Waals surface area contributed by atoms with Crippen LogP contribution in [0.25, 0.3) is 0 Å². The summed E-state index contributed by atoms with van der Waals surface area (Å²) in [6, 6.07) is 1.43. The van der Waals surface area contributed by atoms with Crippen molar-refractivity contribution in [2.24, 2.45) is 0 Å². The second kappa shape index (κ2) is 5.95. The molecule has 0 radical (unpaired) electrons. The molecule has 1 atom stereocenters. The summed E-state index contributed by atoms with van der Waals surface area (Å²) in [4.78, 5) is 26.3. The SMILES string of the molecule is COc1nc(C)ccc1C(=O)NC(CF)C(=O)O. The third-order valence-electron chi connectivity index (χ3n) is 2.20. The highest BCUT2D eigenvalue weighted by molar-refractivity contribution is 5.98. The summed E-state index contributed by atoms with van der Waals surface area (Å²) < 4.78 is 17.3. The van der Waals surface area contributed by atoms with E-state index in [4.69, 9.17) is 9.84 Å². The van der Waals surface area contributed by atoms with Crippen molar-refractivity contribution in [2.75, 3.05) is 13.8 Å². The molecule has 0 saturated carbocycles. The molecule has 7 heteroatoms. The predicted molar refractivity (Wildman–Crippen MR) is 60.4 cm³/mol. The molecule has 6 nitrogen and oxygen atoms in total. The van der Waals surface area contributed by atoms with Crippen LogP contribution in [0.3, 0.4) is 0 Å². The van der Waals surface area contributed by atoms with Crippen molar-refractivity contribution >= 4 is 11.9 Å². The third kappa shape index (κ3) is 3.16. The Bertz CT molecular complexity index is 464. The lowest BCUT2D eigenvalue weighted by Crippen LogP contribution is -2.42. The molecule has 2 N–H and O–H groups in total. The summed E-state index contributed by atoms with van der Waals surface area (Å²) in [5.41, 5.74) is 0.700. The van der Waals surface area contributed by atoms with E-state index in [1.165, 1.54) is 13.2 Å². The van der Waals surface area contributed by atoms with E-state index in [0.29, 0.717) is 5.69 Å². The van der Waals surface area contributed by atoms with Crippen LogP contribution < -0.4 is 10.1 Å². The van der Waals surface area contributed by atoms with Crippen molar-refractivity contribution in [1.82, 2.24) is 10.3 Å². The number of hydrogen-bond donors (Lipinski definition) is 2. The number of ether oxygens (including phenoxy) is 1. The number of pyridine rings is 1. The predicted octanol–water partition coefficient (Wildman–Crippen LogP) is 0.551. The first-order valence-corrected chi connectivity index (χ1v) is 5.10. The van der Waals surface area contributed by atoms with E-state index >= 15 is 0 Å². The number of methoxy groups -OCH3 is 1. The van der Waals surface area contributed by atoms with Gasteiger partial charge in [-0.2, -0.15) is 0 Å². The molecule has 0 spiro atoms. The van der Waals surface area contributed by atoms with E-state index in [1.54, 1.807) is 13.0 Å². The van der Waals surface area contributed by atoms with E-state index in [9.17, 15) is 14.0 Å². The second-order valence-electron chi connectivity index (χ2n) is 3.53. The summed E-state index contributed by atoms with van der Waals surface area (Å²) in [5, 5.41) is 10.7. The number of aryl methyl sites for hydroxylation is 1. The molecule has 0 saturated heterocycles. The van der Waals surface area contributed by atoms with Gasteiger partial charge in [0.25, 0.3) is 5.91 Å². The molecule has 0 fully saturated rings. The lowest BCUT2D eigenvalue weighted by molar-refractivity contribution is -0.139. The van der Waals surface area contributed by atoms with Gasteiger partial charge in [-0.05, 0) is 19.1 Å². The van der Waals surface area contributed by atoms with E-state index < -0.39 is 24.6 Å². The lowest BCUT2D eigenvalue weighted by atomic mass is 10.2. The molecule has 0 bridgehead atoms. The first kappa shape index (κ1) is 13.9. The quantitative estimate of drug-likeness (QED) is 0.803. The molecule has 0 aliphatic rings. The maximum atomic E-state index is 12.4. The summed E-state index contributed by atoms with van der Waals surface area (Å²) in [7, 11) is 1.34. The number of aliphatic carboxylic acids is 1. The minimum atomic E-state index is -1.58. The van der Waals surface area contributed by atoms with Crippen LogP contribution in [0.15, 0.2) is 12.1 Å². The molecule has 18 heavy (non-hydrogen) atoms. The van der Waals surface area contributed by atoms with Crippen LogP contribution in [-0.4, -0.2) is 41.8 Å². The first-order chi connectivity index (χ1) is 8.49. The molecule has 1 unspecified atom stereocenters. The molecule has 0 aromatic carbocycles. The highest BCUT2D eigenvalue weighted by atomic mass is 19.1. The Morgan fingerprint density at radius 3 is 2.72 bits per heavy atom. The van der Waals surface area contributed by atoms with Crippen LogP contribution in [0.5, 0.6) is 5.88 Å². The molecule has 98 valence electrons. The van der Waals surface area contributed by atoms with Gasteiger partial charge < -0.3 is 15.2 Å². The third-order valence-corrected chi connectivity index (χ3v) is 2.20. The van der Waals surface area contributed by atoms with Crippen molar-refractivity contribution < 1.29 is 23.8 Å². The number of halogens is 1. The fraction of sp³-hybridized carbons (Fsp3) is 0.364. The Labute approximate surface area is 103 Å². The maximum absolute atomic E-state index is 12.4. The van der Waals surface area contributed by atoms with Crippen molar-refractivity contribution in [3.63, 3.8) is 0 Å². The molecule has 1 aromatic rings. The molecule has 1 aromatic heterocycles. The molecular formula is C11H13FN2O4. The zero-order valence-electron chi connectivity index (χ0n) is 9.94. The zero-order chi connectivity index (χ0) is 13.7. The highest BCUT2D eigenvalue weighted by Crippen LogP contribution is 2.15. The minimum absolute atomic E-state index is 0.0581. The average Bonchev–Trinajstić information content (AvgIpc) is 2.34. The number of carboxylic acid groups (broad SMARTS) is 1. The van der Waals surface area contributed by atoms with Gasteiger partial charge in [0.1, 0.15) is 12.2 Å². The smallest absolute Gasteiger partial charge is 0.328 e. The van der Waals surface area contributed by atoms with Crippen LogP contribution >= 0.6 is 0 Å². The first-order valence-electron chi connectivity index (χ1n) is 5.10. The summed E-state index contributed by atoms with van der Waals surface area (Å²) >= 11 is 0. The Morgan fingerprint density at radius 1 is 1.56 bits per heavy atom. The second-order valence-corrected chi connectivity index (χ2v) is 3.53. The number of carbonyl (C=O) groups is 2. The van der Waals surface area contributed by atoms with Gasteiger partial charge in [-0.15, -0.1) is 0 Å². The number of amides is 1. The number of nitrogens with zero attached hydrogens (tertiary/aromatic N) is 1. The van der Waals surface area contributed by atoms with Crippen LogP contribution in [-0.2, 0) is 4.79 Å². The molecule has 0 aliphatic heterocycles. The Morgan fingerprint density at radius 2 is 2.22 bits per heavy atom. The molecular weight excluding hydrogens is 243 g/mol. The Kier molecular flexibility index (Phi) is 4.59. The van der Waals surface area contributed by atoms with Crippen LogP contribution in [0.4, 0.5) is 4.39 Å². The monoisotopic (exact) mass is 256 g/mol. The fourth-order valence-corrected chi connectivity index (χ4v) is 1.26. The standard InChI is InChI=1S/C11H13FN2O4/c1-6-3-4-7(10(13-6)18-2)9(15)14-8(5-12)11(16)17/h3-4,8H,5H2,1-2H3,(H,14,15)(H,16,17). The largest absolute Gasteiger partial charge is 0.480 e. The van der Waals surface area contributed by atoms with E-state index in [1.807, 2.05) is 5.32 Å². The minimum Gasteiger partial charge on any atom is -0.480 e. The number of hydrogen-bond acceptors (Lipinski definition) is 4. The van der Waals surface area contributed by atoms with Gasteiger partial charge in [0.15, 0.2) is 6.04 Å². The van der Waals surface area contributed by atoms with Crippen molar-refractivity contribution in [2.45, 2.75) is 13.0 Å². The van der Waals surface area contributed by atoms with E-state index in [-0.39, 0.29) is 11.4 Å². The summed E-state index contributed by atoms with van der Waals surface area (Å²) in [6.07, 6.45) is 0. The normalized spacial score (nSPS) is 11.7. The lowest BCUT2D eigenvalue weighted by Gasteiger charge is -2.12. The van der Waals surface area contributed by atoms with Crippen LogP contribution in [0.1, 0.15) is 16.1 Å². The Balaban J connectivity index is 2.93. The van der Waals surface area contributed by atoms with Gasteiger partial charge in [0, 0.05) is 5.69 Å². The van der Waals surface area contributed by atoms with E-state index in [2.05, 4.69) is 4.98 Å². The summed E-state index contributed by atoms with van der Waals surface area (Å²) in [6.45, 7) is 0.522. The van der Waals surface area contributed by atoms with Gasteiger partial charge in [0.05, 0.1) is 7.11 Å². The number of alkyl halides is 1. The van der Waals surface area contributed by atoms with Gasteiger partial charge >= 0.3 is 5.97 Å². The van der Waals surface area contributed by atoms with Gasteiger partial charge in [-0.25, -0.2) is 14.2 Å². The Hall–Kier alpha value is -2.18. The topological polar surface area (TPSA) is 88.5 Å². The average molecular weight is 256 g/mol. The van der Waals surface area contributed by atoms with Crippen LogP contribution in [0.2, 0.25) is 0 Å². The van der Waals surface area contributed by atoms with Crippen molar-refractivity contribution in [3.8, 4) is 5.88 Å². The number of nitrogens with one attached hydrogen (secondary N) is 1. The number of rotatable bonds is 5. The number of aromatic nitrogens is 1.